The molecule has 1 fully saturated rings. The molecule has 0 atom stereocenters. The number of likely N-dealkylation sites (tertiary alicyclic amines) is 1. The summed E-state index contributed by atoms with van der Waals surface area (Å²) in [5, 5.41) is 2.73. The summed E-state index contributed by atoms with van der Waals surface area (Å²) in [7, 11) is 0. The second kappa shape index (κ2) is 7.99. The van der Waals surface area contributed by atoms with Gasteiger partial charge in [0.1, 0.15) is 5.82 Å². The van der Waals surface area contributed by atoms with E-state index < -0.39 is 5.82 Å². The number of hydrogen-bond donors (Lipinski definition) is 2. The Bertz CT molecular complexity index is 942. The van der Waals surface area contributed by atoms with Crippen molar-refractivity contribution in [1.82, 2.24) is 14.9 Å². The van der Waals surface area contributed by atoms with E-state index >= 15 is 0 Å². The third kappa shape index (κ3) is 4.05. The van der Waals surface area contributed by atoms with Crippen molar-refractivity contribution in [2.24, 2.45) is 0 Å². The Labute approximate surface area is 170 Å². The normalized spacial score (nSPS) is 19.1. The molecule has 1 aromatic heterocycles. The number of ether oxygens (including phenoxy) is 1. The van der Waals surface area contributed by atoms with Crippen LogP contribution in [-0.4, -0.2) is 46.5 Å². The molecule has 0 bridgehead atoms. The van der Waals surface area contributed by atoms with Crippen molar-refractivity contribution < 1.29 is 13.9 Å². The fraction of sp³-hybridized carbons (Fsp3) is 0.455. The molecule has 0 unspecified atom stereocenters. The Morgan fingerprint density at radius 3 is 2.79 bits per heavy atom. The van der Waals surface area contributed by atoms with Crippen LogP contribution in [-0.2, 0) is 4.79 Å². The molecule has 6 nitrogen and oxygen atoms in total. The highest BCUT2D eigenvalue weighted by molar-refractivity contribution is 6.34. The van der Waals surface area contributed by atoms with Crippen LogP contribution in [0.5, 0.6) is 5.75 Å². The van der Waals surface area contributed by atoms with Crippen molar-refractivity contribution in [1.29, 1.82) is 0 Å². The van der Waals surface area contributed by atoms with E-state index in [-0.39, 0.29) is 17.8 Å². The van der Waals surface area contributed by atoms with E-state index in [9.17, 15) is 9.18 Å². The minimum atomic E-state index is -0.485. The number of fused-ring (bicyclic) bond motifs is 1. The standard InChI is InChI=1S/C22H27FN4O2/c1-4-27-7-5-14(6-8-27)21-24-12-15(25-21)9-17-16-10-20(29-13(2)3)18(23)11-19(16)26-22(17)28/h9-14H,4-8H2,1-3H3,(H,24,25)(H,26,28)/b17-9-. The quantitative estimate of drug-likeness (QED) is 0.746. The van der Waals surface area contributed by atoms with Crippen molar-refractivity contribution in [2.75, 3.05) is 25.0 Å². The number of piperidine rings is 1. The zero-order chi connectivity index (χ0) is 20.5. The molecule has 2 aliphatic rings. The van der Waals surface area contributed by atoms with E-state index in [0.29, 0.717) is 22.7 Å². The van der Waals surface area contributed by atoms with E-state index in [1.807, 2.05) is 13.8 Å². The molecule has 29 heavy (non-hydrogen) atoms. The molecule has 0 radical (unpaired) electrons. The molecular weight excluding hydrogens is 371 g/mol. The molecule has 4 rings (SSSR count). The highest BCUT2D eigenvalue weighted by atomic mass is 19.1. The minimum Gasteiger partial charge on any atom is -0.488 e. The first-order valence-corrected chi connectivity index (χ1v) is 10.3. The summed E-state index contributed by atoms with van der Waals surface area (Å²) in [4.78, 5) is 22.8. The second-order valence-corrected chi connectivity index (χ2v) is 7.94. The summed E-state index contributed by atoms with van der Waals surface area (Å²) in [5.41, 5.74) is 2.34. The predicted octanol–water partition coefficient (Wildman–Crippen LogP) is 4.03. The number of amides is 1. The molecule has 0 spiro atoms. The number of hydrogen-bond acceptors (Lipinski definition) is 4. The topological polar surface area (TPSA) is 70.2 Å². The lowest BCUT2D eigenvalue weighted by molar-refractivity contribution is -0.110. The molecular formula is C22H27FN4O2. The number of halogens is 1. The van der Waals surface area contributed by atoms with Crippen LogP contribution >= 0.6 is 0 Å². The van der Waals surface area contributed by atoms with Crippen LogP contribution in [0.2, 0.25) is 0 Å². The summed E-state index contributed by atoms with van der Waals surface area (Å²) in [6.45, 7) is 9.11. The van der Waals surface area contributed by atoms with Gasteiger partial charge in [-0.3, -0.25) is 4.79 Å². The zero-order valence-electron chi connectivity index (χ0n) is 17.1. The monoisotopic (exact) mass is 398 g/mol. The first-order chi connectivity index (χ1) is 13.9. The average Bonchev–Trinajstić information content (AvgIpc) is 3.27. The number of imidazole rings is 1. The number of nitrogens with zero attached hydrogens (tertiary/aromatic N) is 2. The Morgan fingerprint density at radius 2 is 2.10 bits per heavy atom. The molecule has 1 amide bonds. The van der Waals surface area contributed by atoms with E-state index in [4.69, 9.17) is 4.74 Å². The average molecular weight is 398 g/mol. The minimum absolute atomic E-state index is 0.147. The highest BCUT2D eigenvalue weighted by Crippen LogP contribution is 2.37. The number of rotatable bonds is 5. The van der Waals surface area contributed by atoms with Crippen LogP contribution in [0.3, 0.4) is 0 Å². The summed E-state index contributed by atoms with van der Waals surface area (Å²) in [6.07, 6.45) is 5.53. The Morgan fingerprint density at radius 1 is 1.34 bits per heavy atom. The van der Waals surface area contributed by atoms with Gasteiger partial charge in [0.2, 0.25) is 0 Å². The number of anilines is 1. The molecule has 1 aromatic carbocycles. The number of aromatic amines is 1. The maximum Gasteiger partial charge on any atom is 0.256 e. The van der Waals surface area contributed by atoms with Gasteiger partial charge >= 0.3 is 0 Å². The van der Waals surface area contributed by atoms with Gasteiger partial charge in [-0.2, -0.15) is 0 Å². The number of carbonyl (C=O) groups excluding carboxylic acids is 1. The number of carbonyl (C=O) groups is 1. The van der Waals surface area contributed by atoms with Crippen LogP contribution in [0.15, 0.2) is 18.3 Å². The van der Waals surface area contributed by atoms with Crippen LogP contribution in [0, 0.1) is 5.82 Å². The van der Waals surface area contributed by atoms with Gasteiger partial charge in [-0.1, -0.05) is 6.92 Å². The lowest BCUT2D eigenvalue weighted by Crippen LogP contribution is -2.32. The number of nitrogens with one attached hydrogen (secondary N) is 2. The van der Waals surface area contributed by atoms with Gasteiger partial charge in [0.25, 0.3) is 5.91 Å². The summed E-state index contributed by atoms with van der Waals surface area (Å²) < 4.78 is 19.8. The van der Waals surface area contributed by atoms with Gasteiger partial charge in [-0.05, 0) is 58.5 Å². The first-order valence-electron chi connectivity index (χ1n) is 10.3. The molecule has 2 aliphatic heterocycles. The smallest absolute Gasteiger partial charge is 0.256 e. The van der Waals surface area contributed by atoms with E-state index in [0.717, 1.165) is 44.0 Å². The SMILES string of the molecule is CCN1CCC(c2ncc(/C=C3\C(=O)Nc4cc(F)c(OC(C)C)cc43)[nH]2)CC1. The van der Waals surface area contributed by atoms with Crippen LogP contribution in [0.1, 0.15) is 56.6 Å². The molecule has 0 saturated carbocycles. The van der Waals surface area contributed by atoms with Crippen molar-refractivity contribution in [3.8, 4) is 5.75 Å². The van der Waals surface area contributed by atoms with E-state index in [2.05, 4.69) is 27.1 Å². The summed E-state index contributed by atoms with van der Waals surface area (Å²) in [5.74, 6) is 0.785. The lowest BCUT2D eigenvalue weighted by Gasteiger charge is -2.29. The van der Waals surface area contributed by atoms with Crippen LogP contribution in [0.25, 0.3) is 11.6 Å². The fourth-order valence-corrected chi connectivity index (χ4v) is 3.99. The van der Waals surface area contributed by atoms with Gasteiger partial charge in [0, 0.05) is 17.5 Å². The van der Waals surface area contributed by atoms with Gasteiger partial charge in [-0.15, -0.1) is 0 Å². The second-order valence-electron chi connectivity index (χ2n) is 7.94. The summed E-state index contributed by atoms with van der Waals surface area (Å²) in [6, 6.07) is 2.90. The van der Waals surface area contributed by atoms with Gasteiger partial charge in [0.15, 0.2) is 11.6 Å². The van der Waals surface area contributed by atoms with Gasteiger partial charge < -0.3 is 19.9 Å². The number of aromatic nitrogens is 2. The first kappa shape index (κ1) is 19.6. The Balaban J connectivity index is 1.58. The molecule has 3 heterocycles. The summed E-state index contributed by atoms with van der Waals surface area (Å²) >= 11 is 0. The molecule has 2 aromatic rings. The third-order valence-electron chi connectivity index (χ3n) is 5.55. The van der Waals surface area contributed by atoms with Crippen LogP contribution in [0.4, 0.5) is 10.1 Å². The highest BCUT2D eigenvalue weighted by Gasteiger charge is 2.27. The molecule has 2 N–H and O–H groups in total. The van der Waals surface area contributed by atoms with E-state index in [1.54, 1.807) is 18.3 Å². The van der Waals surface area contributed by atoms with Gasteiger partial charge in [-0.25, -0.2) is 9.37 Å². The predicted molar refractivity (Wildman–Crippen MR) is 111 cm³/mol. The molecule has 1 saturated heterocycles. The lowest BCUT2D eigenvalue weighted by atomic mass is 9.96. The molecule has 0 aliphatic carbocycles. The van der Waals surface area contributed by atoms with Gasteiger partial charge in [0.05, 0.1) is 29.3 Å². The Hall–Kier alpha value is -2.67. The largest absolute Gasteiger partial charge is 0.488 e. The Kier molecular flexibility index (Phi) is 5.41. The number of H-pyrrole nitrogens is 1. The molecule has 7 heteroatoms. The fourth-order valence-electron chi connectivity index (χ4n) is 3.99. The van der Waals surface area contributed by atoms with Crippen molar-refractivity contribution in [2.45, 2.75) is 45.6 Å². The van der Waals surface area contributed by atoms with Crippen molar-refractivity contribution >= 4 is 23.2 Å². The zero-order valence-corrected chi connectivity index (χ0v) is 17.1. The third-order valence-corrected chi connectivity index (χ3v) is 5.55. The van der Waals surface area contributed by atoms with Crippen LogP contribution < -0.4 is 10.1 Å². The number of benzene rings is 1. The van der Waals surface area contributed by atoms with Crippen molar-refractivity contribution in [3.05, 3.63) is 41.2 Å². The maximum absolute atomic E-state index is 14.2. The molecule has 154 valence electrons. The van der Waals surface area contributed by atoms with E-state index in [1.165, 1.54) is 6.07 Å². The van der Waals surface area contributed by atoms with Crippen molar-refractivity contribution in [3.63, 3.8) is 0 Å². The maximum atomic E-state index is 14.2.